The van der Waals surface area contributed by atoms with E-state index in [0.29, 0.717) is 0 Å². The van der Waals surface area contributed by atoms with Crippen molar-refractivity contribution >= 4 is 0 Å². The molecule has 0 aromatic rings. The van der Waals surface area contributed by atoms with Gasteiger partial charge in [-0.15, -0.1) is 0 Å². The van der Waals surface area contributed by atoms with Crippen LogP contribution in [0.5, 0.6) is 0 Å². The normalized spacial score (nSPS) is 20.4. The van der Waals surface area contributed by atoms with E-state index < -0.39 is 0 Å². The number of likely N-dealkylation sites (tertiary alicyclic amines) is 1. The molecule has 1 aliphatic heterocycles. The Hall–Kier alpha value is -0.0800. The third-order valence-corrected chi connectivity index (χ3v) is 4.70. The Balaban J connectivity index is 1.78. The molecule has 1 rings (SSSR count). The molecule has 1 N–H and O–H groups in total. The van der Waals surface area contributed by atoms with Gasteiger partial charge in [0.2, 0.25) is 0 Å². The zero-order valence-corrected chi connectivity index (χ0v) is 14.1. The van der Waals surface area contributed by atoms with Gasteiger partial charge in [0.25, 0.3) is 0 Å². The molecule has 1 fully saturated rings. The molecule has 1 saturated heterocycles. The van der Waals surface area contributed by atoms with E-state index >= 15 is 0 Å². The zero-order valence-electron chi connectivity index (χ0n) is 14.1. The Morgan fingerprint density at radius 1 is 0.900 bits per heavy atom. The van der Waals surface area contributed by atoms with Crippen molar-refractivity contribution < 1.29 is 0 Å². The fraction of sp³-hybridized carbons (Fsp3) is 1.00. The number of nitrogens with zero attached hydrogens (tertiary/aromatic N) is 1. The minimum Gasteiger partial charge on any atom is -0.317 e. The van der Waals surface area contributed by atoms with Gasteiger partial charge in [0.1, 0.15) is 0 Å². The number of unbranched alkanes of at least 4 members (excludes halogenated alkanes) is 6. The Labute approximate surface area is 127 Å². The highest BCUT2D eigenvalue weighted by atomic mass is 15.2. The van der Waals surface area contributed by atoms with Crippen molar-refractivity contribution in [3.63, 3.8) is 0 Å². The van der Waals surface area contributed by atoms with Crippen molar-refractivity contribution in [3.8, 4) is 0 Å². The molecule has 1 heterocycles. The van der Waals surface area contributed by atoms with Gasteiger partial charge in [0, 0.05) is 6.04 Å². The second kappa shape index (κ2) is 12.6. The molecule has 0 spiro atoms. The molecule has 1 atom stereocenters. The average molecular weight is 283 g/mol. The van der Waals surface area contributed by atoms with Crippen LogP contribution < -0.4 is 5.32 Å². The molecule has 0 bridgehead atoms. The summed E-state index contributed by atoms with van der Waals surface area (Å²) < 4.78 is 0. The van der Waals surface area contributed by atoms with Gasteiger partial charge in [-0.05, 0) is 58.8 Å². The van der Waals surface area contributed by atoms with Crippen molar-refractivity contribution in [3.05, 3.63) is 0 Å². The molecule has 0 aliphatic carbocycles. The molecule has 1 unspecified atom stereocenters. The lowest BCUT2D eigenvalue weighted by Gasteiger charge is -2.33. The average Bonchev–Trinajstić information content (AvgIpc) is 2.46. The summed E-state index contributed by atoms with van der Waals surface area (Å²) in [6, 6.07) is 0.826. The van der Waals surface area contributed by atoms with E-state index in [0.717, 1.165) is 6.04 Å². The lowest BCUT2D eigenvalue weighted by Crippen LogP contribution is -2.38. The van der Waals surface area contributed by atoms with Crippen molar-refractivity contribution in [2.45, 2.75) is 90.5 Å². The highest BCUT2D eigenvalue weighted by molar-refractivity contribution is 4.72. The predicted molar refractivity (Wildman–Crippen MR) is 90.4 cm³/mol. The van der Waals surface area contributed by atoms with Crippen molar-refractivity contribution in [1.82, 2.24) is 10.2 Å². The van der Waals surface area contributed by atoms with Gasteiger partial charge in [-0.3, -0.25) is 0 Å². The van der Waals surface area contributed by atoms with Crippen molar-refractivity contribution in [2.24, 2.45) is 0 Å². The molecule has 0 amide bonds. The van der Waals surface area contributed by atoms with E-state index in [1.54, 1.807) is 0 Å². The van der Waals surface area contributed by atoms with Crippen molar-refractivity contribution in [2.75, 3.05) is 26.2 Å². The number of hydrogen-bond donors (Lipinski definition) is 1. The van der Waals surface area contributed by atoms with Gasteiger partial charge in [0.15, 0.2) is 0 Å². The van der Waals surface area contributed by atoms with Crippen LogP contribution in [0, 0.1) is 0 Å². The quantitative estimate of drug-likeness (QED) is 0.527. The van der Waals surface area contributed by atoms with E-state index in [4.69, 9.17) is 0 Å². The largest absolute Gasteiger partial charge is 0.317 e. The zero-order chi connectivity index (χ0) is 14.5. The molecule has 2 heteroatoms. The van der Waals surface area contributed by atoms with Crippen LogP contribution in [-0.2, 0) is 0 Å². The summed E-state index contributed by atoms with van der Waals surface area (Å²) in [5, 5.41) is 3.62. The minimum absolute atomic E-state index is 0.826. The summed E-state index contributed by atoms with van der Waals surface area (Å²) in [4.78, 5) is 2.68. The summed E-state index contributed by atoms with van der Waals surface area (Å²) >= 11 is 0. The number of hydrogen-bond acceptors (Lipinski definition) is 2. The van der Waals surface area contributed by atoms with Crippen LogP contribution in [0.15, 0.2) is 0 Å². The van der Waals surface area contributed by atoms with Crippen LogP contribution in [-0.4, -0.2) is 37.1 Å². The molecule has 0 radical (unpaired) electrons. The Morgan fingerprint density at radius 2 is 1.60 bits per heavy atom. The fourth-order valence-corrected chi connectivity index (χ4v) is 3.23. The van der Waals surface area contributed by atoms with E-state index in [1.807, 2.05) is 0 Å². The monoisotopic (exact) mass is 282 g/mol. The first-order valence-corrected chi connectivity index (χ1v) is 9.29. The molecular weight excluding hydrogens is 244 g/mol. The molecule has 1 aliphatic rings. The highest BCUT2D eigenvalue weighted by Crippen LogP contribution is 2.16. The topological polar surface area (TPSA) is 15.3 Å². The maximum Gasteiger partial charge on any atom is 0.00669 e. The lowest BCUT2D eigenvalue weighted by molar-refractivity contribution is 0.159. The minimum atomic E-state index is 0.826. The van der Waals surface area contributed by atoms with Gasteiger partial charge in [-0.2, -0.15) is 0 Å². The van der Waals surface area contributed by atoms with E-state index in [2.05, 4.69) is 24.1 Å². The molecular formula is C18H38N2. The maximum atomic E-state index is 3.62. The Kier molecular flexibility index (Phi) is 11.4. The van der Waals surface area contributed by atoms with Crippen LogP contribution >= 0.6 is 0 Å². The first-order chi connectivity index (χ1) is 9.84. The van der Waals surface area contributed by atoms with Gasteiger partial charge >= 0.3 is 0 Å². The fourth-order valence-electron chi connectivity index (χ4n) is 3.23. The maximum absolute atomic E-state index is 3.62. The number of rotatable bonds is 12. The Morgan fingerprint density at radius 3 is 2.35 bits per heavy atom. The summed E-state index contributed by atoms with van der Waals surface area (Å²) in [6.07, 6.45) is 15.5. The summed E-state index contributed by atoms with van der Waals surface area (Å²) in [6.45, 7) is 9.74. The summed E-state index contributed by atoms with van der Waals surface area (Å²) in [5.74, 6) is 0. The first kappa shape index (κ1) is 18.0. The predicted octanol–water partition coefficient (Wildman–Crippen LogP) is 4.59. The van der Waals surface area contributed by atoms with Gasteiger partial charge in [-0.25, -0.2) is 0 Å². The smallest absolute Gasteiger partial charge is 0.00669 e. The molecule has 0 saturated carbocycles. The van der Waals surface area contributed by atoms with E-state index in [1.165, 1.54) is 96.8 Å². The van der Waals surface area contributed by atoms with Crippen LogP contribution in [0.1, 0.15) is 84.5 Å². The van der Waals surface area contributed by atoms with Crippen LogP contribution in [0.4, 0.5) is 0 Å². The number of nitrogens with one attached hydrogen (secondary N) is 1. The molecule has 120 valence electrons. The second-order valence-electron chi connectivity index (χ2n) is 6.61. The highest BCUT2D eigenvalue weighted by Gasteiger charge is 2.16. The van der Waals surface area contributed by atoms with Gasteiger partial charge in [-0.1, -0.05) is 51.9 Å². The molecule has 2 nitrogen and oxygen atoms in total. The summed E-state index contributed by atoms with van der Waals surface area (Å²) in [7, 11) is 0. The van der Waals surface area contributed by atoms with Crippen LogP contribution in [0.25, 0.3) is 0 Å². The lowest BCUT2D eigenvalue weighted by atomic mass is 10.0. The van der Waals surface area contributed by atoms with Crippen LogP contribution in [0.3, 0.4) is 0 Å². The SMILES string of the molecule is CCCCCCCCCNCCCN1CCCCC1C. The molecule has 20 heavy (non-hydrogen) atoms. The second-order valence-corrected chi connectivity index (χ2v) is 6.61. The molecule has 0 aromatic heterocycles. The van der Waals surface area contributed by atoms with E-state index in [-0.39, 0.29) is 0 Å². The van der Waals surface area contributed by atoms with Crippen molar-refractivity contribution in [1.29, 1.82) is 0 Å². The number of piperidine rings is 1. The standard InChI is InChI=1S/C18H38N2/c1-3-4-5-6-7-8-10-14-19-15-12-17-20-16-11-9-13-18(20)2/h18-19H,3-17H2,1-2H3. The molecule has 0 aromatic carbocycles. The third kappa shape index (κ3) is 8.97. The first-order valence-electron chi connectivity index (χ1n) is 9.29. The van der Waals surface area contributed by atoms with Crippen LogP contribution in [0.2, 0.25) is 0 Å². The van der Waals surface area contributed by atoms with Gasteiger partial charge in [0.05, 0.1) is 0 Å². The summed E-state index contributed by atoms with van der Waals surface area (Å²) in [5.41, 5.74) is 0. The Bertz CT molecular complexity index is 206. The van der Waals surface area contributed by atoms with E-state index in [9.17, 15) is 0 Å². The third-order valence-electron chi connectivity index (χ3n) is 4.70. The van der Waals surface area contributed by atoms with Gasteiger partial charge < -0.3 is 10.2 Å².